The van der Waals surface area contributed by atoms with Gasteiger partial charge in [0.15, 0.2) is 0 Å². The Kier molecular flexibility index (Phi) is 6.17. The molecular weight excluding hydrogens is 214 g/mol. The number of hydrogen-bond donors (Lipinski definition) is 3. The average molecular weight is 236 g/mol. The van der Waals surface area contributed by atoms with Gasteiger partial charge in [-0.2, -0.15) is 0 Å². The van der Waals surface area contributed by atoms with Crippen molar-refractivity contribution < 1.29 is 4.79 Å². The highest BCUT2D eigenvalue weighted by atomic mass is 35.5. The largest absolute Gasteiger partial charge is 0.353 e. The van der Waals surface area contributed by atoms with E-state index in [2.05, 4.69) is 10.6 Å². The Morgan fingerprint density at radius 3 is 2.47 bits per heavy atom. The molecule has 4 nitrogen and oxygen atoms in total. The molecule has 1 fully saturated rings. The zero-order chi connectivity index (χ0) is 10.6. The summed E-state index contributed by atoms with van der Waals surface area (Å²) in [6, 6.07) is 0.328. The predicted molar refractivity (Wildman–Crippen MR) is 64.1 cm³/mol. The van der Waals surface area contributed by atoms with Gasteiger partial charge >= 0.3 is 0 Å². The summed E-state index contributed by atoms with van der Waals surface area (Å²) in [5, 5.41) is 6.32. The molecule has 90 valence electrons. The first kappa shape index (κ1) is 14.7. The lowest BCUT2D eigenvalue weighted by Crippen LogP contribution is -2.49. The fourth-order valence-electron chi connectivity index (χ4n) is 1.44. The van der Waals surface area contributed by atoms with Crippen LogP contribution in [0.3, 0.4) is 0 Å². The fraction of sp³-hybridized carbons (Fsp3) is 0.900. The van der Waals surface area contributed by atoms with Gasteiger partial charge in [-0.3, -0.25) is 4.79 Å². The van der Waals surface area contributed by atoms with Crippen LogP contribution in [-0.4, -0.2) is 31.6 Å². The van der Waals surface area contributed by atoms with Crippen molar-refractivity contribution in [1.29, 1.82) is 0 Å². The SMILES string of the molecule is CC(C)(CN)C(=O)NC1CCNCC1.Cl. The predicted octanol–water partition coefficient (Wildman–Crippen LogP) is 0.261. The number of halogens is 1. The summed E-state index contributed by atoms with van der Waals surface area (Å²) < 4.78 is 0. The summed E-state index contributed by atoms with van der Waals surface area (Å²) in [5.74, 6) is 0.0758. The Labute approximate surface area is 97.8 Å². The van der Waals surface area contributed by atoms with E-state index >= 15 is 0 Å². The van der Waals surface area contributed by atoms with Crippen LogP contribution in [0.2, 0.25) is 0 Å². The number of nitrogens with one attached hydrogen (secondary N) is 2. The molecule has 1 saturated heterocycles. The van der Waals surface area contributed by atoms with Crippen LogP contribution < -0.4 is 16.4 Å². The molecule has 15 heavy (non-hydrogen) atoms. The first-order valence-electron chi connectivity index (χ1n) is 5.28. The molecule has 1 aliphatic rings. The molecule has 0 spiro atoms. The number of nitrogens with two attached hydrogens (primary N) is 1. The molecule has 1 aliphatic heterocycles. The maximum Gasteiger partial charge on any atom is 0.227 e. The standard InChI is InChI=1S/C10H21N3O.ClH/c1-10(2,7-11)9(14)13-8-3-5-12-6-4-8;/h8,12H,3-7,11H2,1-2H3,(H,13,14);1H. The van der Waals surface area contributed by atoms with E-state index in [9.17, 15) is 4.79 Å². The Morgan fingerprint density at radius 2 is 2.00 bits per heavy atom. The van der Waals surface area contributed by atoms with Crippen molar-refractivity contribution >= 4 is 18.3 Å². The van der Waals surface area contributed by atoms with Gasteiger partial charge < -0.3 is 16.4 Å². The smallest absolute Gasteiger partial charge is 0.227 e. The zero-order valence-electron chi connectivity index (χ0n) is 9.51. The second-order valence-electron chi connectivity index (χ2n) is 4.59. The van der Waals surface area contributed by atoms with Gasteiger partial charge in [0.25, 0.3) is 0 Å². The number of carbonyl (C=O) groups is 1. The van der Waals surface area contributed by atoms with Crippen LogP contribution >= 0.6 is 12.4 Å². The molecular formula is C10H22ClN3O. The van der Waals surface area contributed by atoms with E-state index in [0.29, 0.717) is 12.6 Å². The molecule has 0 saturated carbocycles. The third-order valence-electron chi connectivity index (χ3n) is 2.80. The number of carbonyl (C=O) groups excluding carboxylic acids is 1. The topological polar surface area (TPSA) is 67.2 Å². The molecule has 0 aromatic rings. The second kappa shape index (κ2) is 6.30. The van der Waals surface area contributed by atoms with Gasteiger partial charge in [-0.15, -0.1) is 12.4 Å². The molecule has 0 bridgehead atoms. The molecule has 5 heteroatoms. The van der Waals surface area contributed by atoms with Crippen LogP contribution in [0, 0.1) is 5.41 Å². The van der Waals surface area contributed by atoms with E-state index in [1.54, 1.807) is 0 Å². The molecule has 0 radical (unpaired) electrons. The first-order chi connectivity index (χ1) is 6.56. The van der Waals surface area contributed by atoms with Crippen LogP contribution in [0.5, 0.6) is 0 Å². The van der Waals surface area contributed by atoms with Crippen molar-refractivity contribution in [2.45, 2.75) is 32.7 Å². The maximum absolute atomic E-state index is 11.8. The number of rotatable bonds is 3. The molecule has 1 rings (SSSR count). The quantitative estimate of drug-likeness (QED) is 0.658. The summed E-state index contributed by atoms with van der Waals surface area (Å²) >= 11 is 0. The fourth-order valence-corrected chi connectivity index (χ4v) is 1.44. The Bertz CT molecular complexity index is 203. The Balaban J connectivity index is 0.00000196. The molecule has 0 aromatic heterocycles. The van der Waals surface area contributed by atoms with E-state index in [1.165, 1.54) is 0 Å². The van der Waals surface area contributed by atoms with Crippen molar-refractivity contribution in [3.63, 3.8) is 0 Å². The molecule has 1 heterocycles. The van der Waals surface area contributed by atoms with E-state index in [1.807, 2.05) is 13.8 Å². The molecule has 4 N–H and O–H groups in total. The van der Waals surface area contributed by atoms with Crippen LogP contribution in [0.4, 0.5) is 0 Å². The lowest BCUT2D eigenvalue weighted by molar-refractivity contribution is -0.129. The molecule has 0 unspecified atom stereocenters. The van der Waals surface area contributed by atoms with E-state index < -0.39 is 5.41 Å². The summed E-state index contributed by atoms with van der Waals surface area (Å²) in [7, 11) is 0. The van der Waals surface area contributed by atoms with E-state index in [0.717, 1.165) is 25.9 Å². The number of amides is 1. The van der Waals surface area contributed by atoms with E-state index in [-0.39, 0.29) is 18.3 Å². The monoisotopic (exact) mass is 235 g/mol. The maximum atomic E-state index is 11.8. The highest BCUT2D eigenvalue weighted by molar-refractivity contribution is 5.85. The summed E-state index contributed by atoms with van der Waals surface area (Å²) in [5.41, 5.74) is 5.10. The van der Waals surface area contributed by atoms with E-state index in [4.69, 9.17) is 5.73 Å². The molecule has 0 aliphatic carbocycles. The molecule has 0 atom stereocenters. The van der Waals surface area contributed by atoms with Gasteiger partial charge in [0.05, 0.1) is 5.41 Å². The lowest BCUT2D eigenvalue weighted by atomic mass is 9.91. The van der Waals surface area contributed by atoms with Crippen LogP contribution in [0.1, 0.15) is 26.7 Å². The summed E-state index contributed by atoms with van der Waals surface area (Å²) in [6.45, 7) is 6.14. The van der Waals surface area contributed by atoms with Gasteiger partial charge in [0, 0.05) is 12.6 Å². The van der Waals surface area contributed by atoms with Gasteiger partial charge in [-0.05, 0) is 39.8 Å². The van der Waals surface area contributed by atoms with Gasteiger partial charge in [-0.1, -0.05) is 0 Å². The minimum absolute atomic E-state index is 0. The normalized spacial score (nSPS) is 18.1. The van der Waals surface area contributed by atoms with Crippen molar-refractivity contribution in [3.8, 4) is 0 Å². The highest BCUT2D eigenvalue weighted by Gasteiger charge is 2.27. The Morgan fingerprint density at radius 1 is 1.47 bits per heavy atom. The van der Waals surface area contributed by atoms with Crippen molar-refractivity contribution in [1.82, 2.24) is 10.6 Å². The van der Waals surface area contributed by atoms with Crippen LogP contribution in [0.25, 0.3) is 0 Å². The first-order valence-corrected chi connectivity index (χ1v) is 5.28. The summed E-state index contributed by atoms with van der Waals surface area (Å²) in [6.07, 6.45) is 2.04. The molecule has 0 aromatic carbocycles. The average Bonchev–Trinajstić information content (AvgIpc) is 2.19. The van der Waals surface area contributed by atoms with Crippen LogP contribution in [-0.2, 0) is 4.79 Å². The Hall–Kier alpha value is -0.320. The lowest BCUT2D eigenvalue weighted by Gasteiger charge is -2.28. The van der Waals surface area contributed by atoms with Crippen molar-refractivity contribution in [3.05, 3.63) is 0 Å². The third-order valence-corrected chi connectivity index (χ3v) is 2.80. The summed E-state index contributed by atoms with van der Waals surface area (Å²) in [4.78, 5) is 11.8. The zero-order valence-corrected chi connectivity index (χ0v) is 10.3. The minimum Gasteiger partial charge on any atom is -0.353 e. The third kappa shape index (κ3) is 4.36. The highest BCUT2D eigenvalue weighted by Crippen LogP contribution is 2.14. The van der Waals surface area contributed by atoms with Crippen molar-refractivity contribution in [2.75, 3.05) is 19.6 Å². The van der Waals surface area contributed by atoms with Gasteiger partial charge in [-0.25, -0.2) is 0 Å². The molecule has 1 amide bonds. The number of piperidine rings is 1. The minimum atomic E-state index is -0.440. The van der Waals surface area contributed by atoms with Gasteiger partial charge in [0.1, 0.15) is 0 Å². The van der Waals surface area contributed by atoms with Crippen LogP contribution in [0.15, 0.2) is 0 Å². The van der Waals surface area contributed by atoms with Crippen molar-refractivity contribution in [2.24, 2.45) is 11.1 Å². The second-order valence-corrected chi connectivity index (χ2v) is 4.59. The number of hydrogen-bond acceptors (Lipinski definition) is 3. The van der Waals surface area contributed by atoms with Gasteiger partial charge in [0.2, 0.25) is 5.91 Å².